The fraction of sp³-hybridized carbons (Fsp3) is 0.222. The van der Waals surface area contributed by atoms with Gasteiger partial charge in [-0.05, 0) is 35.9 Å². The highest BCUT2D eigenvalue weighted by molar-refractivity contribution is 5.98. The minimum absolute atomic E-state index is 0. The number of amides is 1. The van der Waals surface area contributed by atoms with Crippen LogP contribution in [0.4, 0.5) is 0 Å². The first-order valence-electron chi connectivity index (χ1n) is 7.71. The van der Waals surface area contributed by atoms with Crippen molar-refractivity contribution in [3.63, 3.8) is 0 Å². The maximum Gasteiger partial charge on any atom is 0.221 e. The van der Waals surface area contributed by atoms with Crippen molar-refractivity contribution in [2.45, 2.75) is 6.42 Å². The molecule has 26 heavy (non-hydrogen) atoms. The molecule has 0 bridgehead atoms. The van der Waals surface area contributed by atoms with E-state index in [4.69, 9.17) is 10.5 Å². The van der Waals surface area contributed by atoms with Gasteiger partial charge in [-0.1, -0.05) is 12.1 Å². The number of nitrogens with one attached hydrogen (secondary N) is 1. The summed E-state index contributed by atoms with van der Waals surface area (Å²) in [5, 5.41) is 21.6. The van der Waals surface area contributed by atoms with Crippen LogP contribution in [-0.2, 0) is 11.2 Å². The van der Waals surface area contributed by atoms with Crippen LogP contribution in [0, 0.1) is 0 Å². The summed E-state index contributed by atoms with van der Waals surface area (Å²) in [4.78, 5) is 22.8. The molecule has 0 radical (unpaired) electrons. The van der Waals surface area contributed by atoms with Gasteiger partial charge in [0.1, 0.15) is 12.4 Å². The van der Waals surface area contributed by atoms with E-state index >= 15 is 0 Å². The van der Waals surface area contributed by atoms with Gasteiger partial charge >= 0.3 is 0 Å². The van der Waals surface area contributed by atoms with Gasteiger partial charge in [-0.2, -0.15) is 0 Å². The zero-order valence-electron chi connectivity index (χ0n) is 14.0. The fourth-order valence-electron chi connectivity index (χ4n) is 2.15. The molecule has 0 aliphatic carbocycles. The summed E-state index contributed by atoms with van der Waals surface area (Å²) in [6.45, 7) is 0.910. The van der Waals surface area contributed by atoms with Crippen molar-refractivity contribution < 1.29 is 24.5 Å². The second kappa shape index (κ2) is 10.3. The van der Waals surface area contributed by atoms with Crippen molar-refractivity contribution in [1.29, 1.82) is 0 Å². The first kappa shape index (κ1) is 21.3. The average Bonchev–Trinajstić information content (AvgIpc) is 2.58. The number of halogens is 1. The number of ketones is 1. The first-order valence-corrected chi connectivity index (χ1v) is 7.71. The molecule has 0 fully saturated rings. The van der Waals surface area contributed by atoms with Gasteiger partial charge < -0.3 is 26.0 Å². The van der Waals surface area contributed by atoms with E-state index in [2.05, 4.69) is 5.32 Å². The molecule has 0 heterocycles. The summed E-state index contributed by atoms with van der Waals surface area (Å²) in [6.07, 6.45) is 0.191. The Morgan fingerprint density at radius 3 is 2.35 bits per heavy atom. The third kappa shape index (κ3) is 6.62. The van der Waals surface area contributed by atoms with Gasteiger partial charge in [-0.25, -0.2) is 0 Å². The van der Waals surface area contributed by atoms with Gasteiger partial charge in [0.25, 0.3) is 0 Å². The molecule has 2 rings (SSSR count). The zero-order chi connectivity index (χ0) is 18.2. The summed E-state index contributed by atoms with van der Waals surface area (Å²) in [7, 11) is 0. The number of ether oxygens (including phenoxy) is 1. The van der Waals surface area contributed by atoms with E-state index in [1.54, 1.807) is 24.3 Å². The van der Waals surface area contributed by atoms with Gasteiger partial charge in [0.05, 0.1) is 13.0 Å². The van der Waals surface area contributed by atoms with Crippen LogP contribution in [0.15, 0.2) is 42.5 Å². The Labute approximate surface area is 157 Å². The molecule has 7 nitrogen and oxygen atoms in total. The van der Waals surface area contributed by atoms with Crippen LogP contribution in [0.2, 0.25) is 0 Å². The zero-order valence-corrected chi connectivity index (χ0v) is 14.8. The smallest absolute Gasteiger partial charge is 0.221 e. The molecule has 0 aromatic heterocycles. The molecule has 2 aromatic carbocycles. The lowest BCUT2D eigenvalue weighted by Crippen LogP contribution is -2.27. The van der Waals surface area contributed by atoms with Crippen molar-refractivity contribution in [3.05, 3.63) is 53.6 Å². The summed E-state index contributed by atoms with van der Waals surface area (Å²) in [5.74, 6) is -0.519. The molecular weight excluding hydrogens is 360 g/mol. The van der Waals surface area contributed by atoms with E-state index in [-0.39, 0.29) is 48.6 Å². The minimum atomic E-state index is -0.385. The molecule has 0 spiro atoms. The quantitative estimate of drug-likeness (QED) is 0.296. The molecule has 0 atom stereocenters. The van der Waals surface area contributed by atoms with Crippen molar-refractivity contribution in [3.8, 4) is 17.2 Å². The number of hydrogen-bond acceptors (Lipinski definition) is 6. The van der Waals surface area contributed by atoms with E-state index in [0.717, 1.165) is 5.56 Å². The maximum absolute atomic E-state index is 11.9. The van der Waals surface area contributed by atoms with Gasteiger partial charge in [0.15, 0.2) is 17.3 Å². The molecule has 140 valence electrons. The molecule has 0 aliphatic rings. The highest BCUT2D eigenvalue weighted by Crippen LogP contribution is 2.24. The minimum Gasteiger partial charge on any atom is -0.504 e. The highest BCUT2D eigenvalue weighted by Gasteiger charge is 2.08. The van der Waals surface area contributed by atoms with Gasteiger partial charge in [-0.3, -0.25) is 9.59 Å². The highest BCUT2D eigenvalue weighted by atomic mass is 35.5. The molecule has 8 heteroatoms. The lowest BCUT2D eigenvalue weighted by atomic mass is 10.1. The average molecular weight is 381 g/mol. The van der Waals surface area contributed by atoms with Crippen LogP contribution in [0.3, 0.4) is 0 Å². The third-order valence-electron chi connectivity index (χ3n) is 3.43. The fourth-order valence-corrected chi connectivity index (χ4v) is 2.15. The van der Waals surface area contributed by atoms with Crippen LogP contribution >= 0.6 is 12.4 Å². The SMILES string of the molecule is Cl.NC(=O)Cc1ccc(OCCNCC(=O)c2ccc(O)c(O)c2)cc1. The lowest BCUT2D eigenvalue weighted by molar-refractivity contribution is -0.117. The topological polar surface area (TPSA) is 122 Å². The van der Waals surface area contributed by atoms with Crippen molar-refractivity contribution >= 4 is 24.1 Å². The Morgan fingerprint density at radius 2 is 1.73 bits per heavy atom. The Bertz CT molecular complexity index is 750. The van der Waals surface area contributed by atoms with Crippen molar-refractivity contribution in [2.24, 2.45) is 5.73 Å². The van der Waals surface area contributed by atoms with Crippen LogP contribution in [0.1, 0.15) is 15.9 Å². The number of hydrogen-bond donors (Lipinski definition) is 4. The molecule has 0 saturated heterocycles. The first-order chi connectivity index (χ1) is 12.0. The summed E-state index contributed by atoms with van der Waals surface area (Å²) < 4.78 is 5.53. The number of nitrogens with two attached hydrogens (primary N) is 1. The molecular formula is C18H21ClN2O5. The largest absolute Gasteiger partial charge is 0.504 e. The number of aromatic hydroxyl groups is 2. The molecule has 5 N–H and O–H groups in total. The second-order valence-corrected chi connectivity index (χ2v) is 5.44. The number of primary amides is 1. The molecule has 0 unspecified atom stereocenters. The second-order valence-electron chi connectivity index (χ2n) is 5.44. The van der Waals surface area contributed by atoms with Gasteiger partial charge in [-0.15, -0.1) is 12.4 Å². The maximum atomic E-state index is 11.9. The molecule has 0 aliphatic heterocycles. The lowest BCUT2D eigenvalue weighted by Gasteiger charge is -2.08. The third-order valence-corrected chi connectivity index (χ3v) is 3.43. The number of benzene rings is 2. The number of carbonyl (C=O) groups excluding carboxylic acids is 2. The molecule has 1 amide bonds. The monoisotopic (exact) mass is 380 g/mol. The normalized spacial score (nSPS) is 10.0. The van der Waals surface area contributed by atoms with E-state index in [1.165, 1.54) is 18.2 Å². The summed E-state index contributed by atoms with van der Waals surface area (Å²) in [5.41, 5.74) is 6.26. The number of phenols is 2. The Morgan fingerprint density at radius 1 is 1.04 bits per heavy atom. The van der Waals surface area contributed by atoms with Gasteiger partial charge in [0, 0.05) is 12.1 Å². The standard InChI is InChI=1S/C18H20N2O5.ClH/c19-18(24)9-12-1-4-14(5-2-12)25-8-7-20-11-17(23)13-3-6-15(21)16(22)10-13;/h1-6,10,20-22H,7-9,11H2,(H2,19,24);1H. The van der Waals surface area contributed by atoms with Gasteiger partial charge in [0.2, 0.25) is 5.91 Å². The Hall–Kier alpha value is -2.77. The van der Waals surface area contributed by atoms with Crippen molar-refractivity contribution in [1.82, 2.24) is 5.32 Å². The predicted octanol–water partition coefficient (Wildman–Crippen LogP) is 1.40. The van der Waals surface area contributed by atoms with Crippen LogP contribution in [0.5, 0.6) is 17.2 Å². The number of rotatable bonds is 9. The number of Topliss-reactive ketones (excluding diaryl/α,β-unsaturated/α-hetero) is 1. The summed E-state index contributed by atoms with van der Waals surface area (Å²) in [6, 6.07) is 11.0. The molecule has 2 aromatic rings. The van der Waals surface area contributed by atoms with Crippen LogP contribution < -0.4 is 15.8 Å². The van der Waals surface area contributed by atoms with E-state index in [1.807, 2.05) is 0 Å². The van der Waals surface area contributed by atoms with Crippen LogP contribution in [0.25, 0.3) is 0 Å². The summed E-state index contributed by atoms with van der Waals surface area (Å²) >= 11 is 0. The predicted molar refractivity (Wildman–Crippen MR) is 99.1 cm³/mol. The van der Waals surface area contributed by atoms with Crippen molar-refractivity contribution in [2.75, 3.05) is 19.7 Å². The Kier molecular flexibility index (Phi) is 8.41. The number of phenolic OH excluding ortho intramolecular Hbond substituents is 2. The Balaban J connectivity index is 0.00000338. The number of carbonyl (C=O) groups is 2. The van der Waals surface area contributed by atoms with Crippen LogP contribution in [-0.4, -0.2) is 41.6 Å². The van der Waals surface area contributed by atoms with E-state index < -0.39 is 0 Å². The van der Waals surface area contributed by atoms with E-state index in [0.29, 0.717) is 24.5 Å². The van der Waals surface area contributed by atoms with E-state index in [9.17, 15) is 19.8 Å². The molecule has 0 saturated carbocycles.